The fraction of sp³-hybridized carbons (Fsp3) is 0.381. The van der Waals surface area contributed by atoms with Crippen molar-refractivity contribution >= 4 is 17.2 Å². The molecular formula is C21H22N4OS. The molecule has 2 aromatic heterocycles. The monoisotopic (exact) mass is 378 g/mol. The Bertz CT molecular complexity index is 987. The molecule has 2 aliphatic rings. The number of hydrogen-bond donors (Lipinski definition) is 0. The molecule has 1 atom stereocenters. The predicted octanol–water partition coefficient (Wildman–Crippen LogP) is 3.58. The van der Waals surface area contributed by atoms with Crippen molar-refractivity contribution in [1.29, 1.82) is 0 Å². The first-order valence-electron chi connectivity index (χ1n) is 9.47. The zero-order valence-electron chi connectivity index (χ0n) is 15.3. The Labute approximate surface area is 162 Å². The van der Waals surface area contributed by atoms with Gasteiger partial charge in [0.15, 0.2) is 0 Å². The Hall–Kier alpha value is -2.47. The first kappa shape index (κ1) is 16.7. The van der Waals surface area contributed by atoms with Gasteiger partial charge >= 0.3 is 0 Å². The van der Waals surface area contributed by atoms with E-state index in [1.807, 2.05) is 24.2 Å². The molecule has 0 N–H and O–H groups in total. The van der Waals surface area contributed by atoms with Crippen LogP contribution in [0.15, 0.2) is 42.0 Å². The van der Waals surface area contributed by atoms with E-state index in [4.69, 9.17) is 4.98 Å². The minimum atomic E-state index is 0.104. The standard InChI is InChI=1S/C21H22N4OS/c1-14-23-17(13-27-14)11-24-9-8-22-20(24)19-12-25(21(26)15-6-7-15)10-16-4-2-3-5-18(16)19/h2-5,8-9,13,15,19H,6-7,10-12H2,1H3. The number of benzene rings is 1. The second-order valence-corrected chi connectivity index (χ2v) is 8.58. The first-order chi connectivity index (χ1) is 13.2. The number of hydrogen-bond acceptors (Lipinski definition) is 4. The molecule has 1 amide bonds. The molecule has 1 aromatic carbocycles. The Morgan fingerprint density at radius 1 is 1.30 bits per heavy atom. The lowest BCUT2D eigenvalue weighted by atomic mass is 9.88. The van der Waals surface area contributed by atoms with Gasteiger partial charge in [0.25, 0.3) is 0 Å². The van der Waals surface area contributed by atoms with Gasteiger partial charge in [-0.05, 0) is 30.9 Å². The Kier molecular flexibility index (Phi) is 4.08. The van der Waals surface area contributed by atoms with Crippen LogP contribution in [0.4, 0.5) is 0 Å². The zero-order chi connectivity index (χ0) is 18.4. The van der Waals surface area contributed by atoms with Crippen LogP contribution in [-0.4, -0.2) is 31.9 Å². The van der Waals surface area contributed by atoms with Crippen LogP contribution in [0, 0.1) is 12.8 Å². The number of imidazole rings is 1. The third-order valence-corrected chi connectivity index (χ3v) is 6.31. The topological polar surface area (TPSA) is 51.0 Å². The Morgan fingerprint density at radius 3 is 2.93 bits per heavy atom. The van der Waals surface area contributed by atoms with Crippen LogP contribution in [0.5, 0.6) is 0 Å². The normalized spacial score (nSPS) is 19.1. The van der Waals surface area contributed by atoms with Crippen molar-refractivity contribution in [2.75, 3.05) is 6.54 Å². The van der Waals surface area contributed by atoms with E-state index in [9.17, 15) is 4.79 Å². The summed E-state index contributed by atoms with van der Waals surface area (Å²) >= 11 is 1.67. The molecule has 1 aliphatic heterocycles. The molecule has 0 radical (unpaired) electrons. The highest BCUT2D eigenvalue weighted by Crippen LogP contribution is 2.37. The molecule has 0 bridgehead atoms. The van der Waals surface area contributed by atoms with Crippen LogP contribution in [0.3, 0.4) is 0 Å². The van der Waals surface area contributed by atoms with Gasteiger partial charge in [0, 0.05) is 36.8 Å². The maximum Gasteiger partial charge on any atom is 0.226 e. The summed E-state index contributed by atoms with van der Waals surface area (Å²) in [6.07, 6.45) is 5.96. The fourth-order valence-corrected chi connectivity index (χ4v) is 4.61. The molecule has 0 saturated heterocycles. The molecule has 1 fully saturated rings. The molecule has 5 nitrogen and oxygen atoms in total. The van der Waals surface area contributed by atoms with Gasteiger partial charge in [0.05, 0.1) is 23.2 Å². The van der Waals surface area contributed by atoms with Crippen molar-refractivity contribution in [3.63, 3.8) is 0 Å². The van der Waals surface area contributed by atoms with Gasteiger partial charge in [-0.1, -0.05) is 24.3 Å². The van der Waals surface area contributed by atoms with Crippen molar-refractivity contribution in [2.45, 2.75) is 38.8 Å². The summed E-state index contributed by atoms with van der Waals surface area (Å²) in [5.41, 5.74) is 3.59. The van der Waals surface area contributed by atoms with Crippen LogP contribution < -0.4 is 0 Å². The Balaban J connectivity index is 1.50. The molecule has 3 heterocycles. The third-order valence-electron chi connectivity index (χ3n) is 5.49. The van der Waals surface area contributed by atoms with Crippen molar-refractivity contribution in [2.24, 2.45) is 5.92 Å². The highest BCUT2D eigenvalue weighted by Gasteiger charge is 2.38. The van der Waals surface area contributed by atoms with E-state index in [0.29, 0.717) is 19.0 Å². The highest BCUT2D eigenvalue weighted by atomic mass is 32.1. The first-order valence-corrected chi connectivity index (χ1v) is 10.4. The molecule has 5 rings (SSSR count). The number of aryl methyl sites for hydroxylation is 1. The summed E-state index contributed by atoms with van der Waals surface area (Å²) < 4.78 is 2.18. The van der Waals surface area contributed by atoms with Crippen molar-refractivity contribution in [3.05, 3.63) is 69.7 Å². The van der Waals surface area contributed by atoms with Crippen molar-refractivity contribution < 1.29 is 4.79 Å². The summed E-state index contributed by atoms with van der Waals surface area (Å²) in [6, 6.07) is 8.48. The van der Waals surface area contributed by atoms with Gasteiger partial charge in [-0.2, -0.15) is 0 Å². The third kappa shape index (κ3) is 3.18. The van der Waals surface area contributed by atoms with E-state index >= 15 is 0 Å². The summed E-state index contributed by atoms with van der Waals surface area (Å²) in [5, 5.41) is 3.19. The average Bonchev–Trinajstić information content (AvgIpc) is 3.31. The zero-order valence-corrected chi connectivity index (χ0v) is 16.2. The predicted molar refractivity (Wildman–Crippen MR) is 105 cm³/mol. The molecule has 0 spiro atoms. The number of thiazole rings is 1. The van der Waals surface area contributed by atoms with E-state index in [1.54, 1.807) is 11.3 Å². The van der Waals surface area contributed by atoms with Gasteiger partial charge in [-0.3, -0.25) is 4.79 Å². The van der Waals surface area contributed by atoms with E-state index in [1.165, 1.54) is 11.1 Å². The minimum absolute atomic E-state index is 0.104. The maximum absolute atomic E-state index is 12.8. The number of fused-ring (bicyclic) bond motifs is 1. The second kappa shape index (κ2) is 6.60. The van der Waals surface area contributed by atoms with Gasteiger partial charge in [0.1, 0.15) is 5.82 Å². The van der Waals surface area contributed by atoms with Crippen molar-refractivity contribution in [3.8, 4) is 0 Å². The molecule has 1 unspecified atom stereocenters. The smallest absolute Gasteiger partial charge is 0.226 e. The summed E-state index contributed by atoms with van der Waals surface area (Å²) in [4.78, 5) is 24.1. The number of rotatable bonds is 4. The molecule has 27 heavy (non-hydrogen) atoms. The van der Waals surface area contributed by atoms with E-state index in [0.717, 1.165) is 35.9 Å². The van der Waals surface area contributed by atoms with Crippen LogP contribution in [0.1, 0.15) is 46.4 Å². The molecule has 3 aromatic rings. The summed E-state index contributed by atoms with van der Waals surface area (Å²) in [6.45, 7) is 4.17. The van der Waals surface area contributed by atoms with Crippen LogP contribution >= 0.6 is 11.3 Å². The van der Waals surface area contributed by atoms with Crippen LogP contribution in [0.2, 0.25) is 0 Å². The molecule has 138 valence electrons. The Morgan fingerprint density at radius 2 is 2.15 bits per heavy atom. The summed E-state index contributed by atoms with van der Waals surface area (Å²) in [7, 11) is 0. The van der Waals surface area contributed by atoms with Crippen LogP contribution in [-0.2, 0) is 17.9 Å². The average molecular weight is 379 g/mol. The minimum Gasteiger partial charge on any atom is -0.337 e. The number of aromatic nitrogens is 3. The van der Waals surface area contributed by atoms with Gasteiger partial charge < -0.3 is 9.47 Å². The number of nitrogens with zero attached hydrogens (tertiary/aromatic N) is 4. The van der Waals surface area contributed by atoms with Gasteiger partial charge in [-0.25, -0.2) is 9.97 Å². The quantitative estimate of drug-likeness (QED) is 0.697. The number of carbonyl (C=O) groups excluding carboxylic acids is 1. The fourth-order valence-electron chi connectivity index (χ4n) is 4.00. The lowest BCUT2D eigenvalue weighted by Crippen LogP contribution is -2.40. The summed E-state index contributed by atoms with van der Waals surface area (Å²) in [5.74, 6) is 1.67. The van der Waals surface area contributed by atoms with Gasteiger partial charge in [0.2, 0.25) is 5.91 Å². The number of carbonyl (C=O) groups is 1. The van der Waals surface area contributed by atoms with Crippen LogP contribution in [0.25, 0.3) is 0 Å². The number of amides is 1. The lowest BCUT2D eigenvalue weighted by Gasteiger charge is -2.34. The van der Waals surface area contributed by atoms with Crippen molar-refractivity contribution in [1.82, 2.24) is 19.4 Å². The largest absolute Gasteiger partial charge is 0.337 e. The van der Waals surface area contributed by atoms with E-state index < -0.39 is 0 Å². The van der Waals surface area contributed by atoms with E-state index in [-0.39, 0.29) is 11.8 Å². The molecule has 1 aliphatic carbocycles. The molecule has 6 heteroatoms. The second-order valence-electron chi connectivity index (χ2n) is 7.52. The molecular weight excluding hydrogens is 356 g/mol. The SMILES string of the molecule is Cc1nc(Cn2ccnc2C2CN(C(=O)C3CC3)Cc3ccccc32)cs1. The highest BCUT2D eigenvalue weighted by molar-refractivity contribution is 7.09. The maximum atomic E-state index is 12.8. The lowest BCUT2D eigenvalue weighted by molar-refractivity contribution is -0.133. The van der Waals surface area contributed by atoms with Gasteiger partial charge in [-0.15, -0.1) is 11.3 Å². The molecule has 1 saturated carbocycles. The van der Waals surface area contributed by atoms with E-state index in [2.05, 4.69) is 39.2 Å².